The zero-order chi connectivity index (χ0) is 17.0. The standard InChI is InChI=1S/C16H31N3O3S/c1-13-7-6-9-18(12-13)14(2)11-17-16(20)15-8-4-5-10-19(15)23(3,21)22/h13-15H,4-12H2,1-3H3,(H,17,20)/t13-,14-,15+/m1/s1. The van der Waals surface area contributed by atoms with Gasteiger partial charge < -0.3 is 5.32 Å². The minimum atomic E-state index is -3.32. The molecule has 2 aliphatic rings. The van der Waals surface area contributed by atoms with Gasteiger partial charge >= 0.3 is 0 Å². The van der Waals surface area contributed by atoms with Crippen molar-refractivity contribution >= 4 is 15.9 Å². The van der Waals surface area contributed by atoms with Gasteiger partial charge in [0, 0.05) is 25.7 Å². The Morgan fingerprint density at radius 2 is 1.96 bits per heavy atom. The number of nitrogens with zero attached hydrogens (tertiary/aromatic N) is 2. The number of carbonyl (C=O) groups excluding carboxylic acids is 1. The molecule has 6 nitrogen and oxygen atoms in total. The lowest BCUT2D eigenvalue weighted by molar-refractivity contribution is -0.125. The number of nitrogens with one attached hydrogen (secondary N) is 1. The van der Waals surface area contributed by atoms with Gasteiger partial charge in [0.1, 0.15) is 6.04 Å². The van der Waals surface area contributed by atoms with Crippen molar-refractivity contribution in [2.45, 2.75) is 58.0 Å². The van der Waals surface area contributed by atoms with Crippen LogP contribution in [0.2, 0.25) is 0 Å². The molecule has 2 heterocycles. The summed E-state index contributed by atoms with van der Waals surface area (Å²) in [6.45, 7) is 7.60. The molecule has 0 aromatic carbocycles. The Morgan fingerprint density at radius 3 is 2.61 bits per heavy atom. The first-order valence-corrected chi connectivity index (χ1v) is 10.6. The van der Waals surface area contributed by atoms with Crippen LogP contribution in [0, 0.1) is 5.92 Å². The van der Waals surface area contributed by atoms with Crippen LogP contribution in [-0.2, 0) is 14.8 Å². The third-order valence-corrected chi connectivity index (χ3v) is 6.35. The first-order chi connectivity index (χ1) is 10.8. The average Bonchev–Trinajstić information content (AvgIpc) is 2.51. The normalized spacial score (nSPS) is 29.2. The fourth-order valence-corrected chi connectivity index (χ4v) is 4.81. The number of likely N-dealkylation sites (tertiary alicyclic amines) is 1. The Hall–Kier alpha value is -0.660. The van der Waals surface area contributed by atoms with Gasteiger partial charge in [-0.3, -0.25) is 9.69 Å². The maximum absolute atomic E-state index is 12.5. The minimum absolute atomic E-state index is 0.146. The van der Waals surface area contributed by atoms with E-state index in [4.69, 9.17) is 0 Å². The highest BCUT2D eigenvalue weighted by Crippen LogP contribution is 2.20. The van der Waals surface area contributed by atoms with E-state index in [0.717, 1.165) is 25.9 Å². The van der Waals surface area contributed by atoms with Gasteiger partial charge in [-0.2, -0.15) is 4.31 Å². The van der Waals surface area contributed by atoms with Gasteiger partial charge in [-0.15, -0.1) is 0 Å². The molecule has 7 heteroatoms. The molecule has 2 saturated heterocycles. The second-order valence-electron chi connectivity index (χ2n) is 7.22. The van der Waals surface area contributed by atoms with E-state index in [1.54, 1.807) is 0 Å². The second kappa shape index (κ2) is 7.94. The Labute approximate surface area is 140 Å². The zero-order valence-electron chi connectivity index (χ0n) is 14.6. The Bertz CT molecular complexity index is 509. The predicted octanol–water partition coefficient (Wildman–Crippen LogP) is 1.04. The number of carbonyl (C=O) groups is 1. The summed E-state index contributed by atoms with van der Waals surface area (Å²) in [5.41, 5.74) is 0. The molecule has 1 amide bonds. The molecule has 0 saturated carbocycles. The van der Waals surface area contributed by atoms with Crippen LogP contribution >= 0.6 is 0 Å². The zero-order valence-corrected chi connectivity index (χ0v) is 15.4. The SMILES string of the molecule is C[C@@H]1CCCN([C@H](C)CNC(=O)[C@@H]2CCCCN2S(C)(=O)=O)C1. The van der Waals surface area contributed by atoms with Crippen molar-refractivity contribution in [2.75, 3.05) is 32.4 Å². The summed E-state index contributed by atoms with van der Waals surface area (Å²) >= 11 is 0. The number of hydrogen-bond donors (Lipinski definition) is 1. The molecule has 23 heavy (non-hydrogen) atoms. The molecule has 0 bridgehead atoms. The van der Waals surface area contributed by atoms with E-state index < -0.39 is 16.1 Å². The molecule has 1 N–H and O–H groups in total. The molecule has 134 valence electrons. The third kappa shape index (κ3) is 5.16. The number of amides is 1. The Morgan fingerprint density at radius 1 is 1.22 bits per heavy atom. The molecule has 2 rings (SSSR count). The topological polar surface area (TPSA) is 69.7 Å². The Balaban J connectivity index is 1.87. The van der Waals surface area contributed by atoms with E-state index in [2.05, 4.69) is 24.1 Å². The predicted molar refractivity (Wildman–Crippen MR) is 91.6 cm³/mol. The number of piperidine rings is 2. The van der Waals surface area contributed by atoms with E-state index >= 15 is 0 Å². The van der Waals surface area contributed by atoms with E-state index in [-0.39, 0.29) is 11.9 Å². The van der Waals surface area contributed by atoms with Gasteiger partial charge in [0.2, 0.25) is 15.9 Å². The summed E-state index contributed by atoms with van der Waals surface area (Å²) in [5, 5.41) is 2.98. The summed E-state index contributed by atoms with van der Waals surface area (Å²) in [6, 6.07) is -0.247. The highest BCUT2D eigenvalue weighted by Gasteiger charge is 2.34. The fraction of sp³-hybridized carbons (Fsp3) is 0.938. The number of rotatable bonds is 5. The van der Waals surface area contributed by atoms with Crippen molar-refractivity contribution < 1.29 is 13.2 Å². The van der Waals surface area contributed by atoms with E-state index in [0.29, 0.717) is 25.4 Å². The molecule has 0 aliphatic carbocycles. The monoisotopic (exact) mass is 345 g/mol. The molecular formula is C16H31N3O3S. The second-order valence-corrected chi connectivity index (χ2v) is 9.16. The van der Waals surface area contributed by atoms with Crippen molar-refractivity contribution in [3.05, 3.63) is 0 Å². The van der Waals surface area contributed by atoms with Gasteiger partial charge in [-0.05, 0) is 45.1 Å². The molecule has 3 atom stereocenters. The van der Waals surface area contributed by atoms with E-state index in [1.165, 1.54) is 23.4 Å². The third-order valence-electron chi connectivity index (χ3n) is 5.07. The van der Waals surface area contributed by atoms with Gasteiger partial charge in [0.05, 0.1) is 6.26 Å². The first-order valence-electron chi connectivity index (χ1n) is 8.77. The van der Waals surface area contributed by atoms with Gasteiger partial charge in [0.25, 0.3) is 0 Å². The minimum Gasteiger partial charge on any atom is -0.353 e. The van der Waals surface area contributed by atoms with Crippen LogP contribution in [0.5, 0.6) is 0 Å². The summed E-state index contributed by atoms with van der Waals surface area (Å²) in [4.78, 5) is 14.9. The smallest absolute Gasteiger partial charge is 0.238 e. The van der Waals surface area contributed by atoms with Crippen LogP contribution in [0.3, 0.4) is 0 Å². The summed E-state index contributed by atoms with van der Waals surface area (Å²) in [7, 11) is -3.32. The van der Waals surface area contributed by atoms with Crippen LogP contribution in [-0.4, -0.2) is 68.0 Å². The van der Waals surface area contributed by atoms with Gasteiger partial charge in [-0.25, -0.2) is 8.42 Å². The fourth-order valence-electron chi connectivity index (χ4n) is 3.69. The van der Waals surface area contributed by atoms with Gasteiger partial charge in [0.15, 0.2) is 0 Å². The van der Waals surface area contributed by atoms with Crippen molar-refractivity contribution in [1.82, 2.24) is 14.5 Å². The average molecular weight is 346 g/mol. The lowest BCUT2D eigenvalue weighted by atomic mass is 9.99. The van der Waals surface area contributed by atoms with Crippen LogP contribution < -0.4 is 5.32 Å². The Kier molecular flexibility index (Phi) is 6.45. The summed E-state index contributed by atoms with van der Waals surface area (Å²) in [6.07, 6.45) is 6.04. The molecule has 2 fully saturated rings. The largest absolute Gasteiger partial charge is 0.353 e. The lowest BCUT2D eigenvalue weighted by Crippen LogP contribution is -2.54. The first kappa shape index (κ1) is 18.7. The molecule has 0 spiro atoms. The molecule has 2 aliphatic heterocycles. The van der Waals surface area contributed by atoms with Crippen molar-refractivity contribution in [1.29, 1.82) is 0 Å². The van der Waals surface area contributed by atoms with Crippen molar-refractivity contribution in [3.63, 3.8) is 0 Å². The lowest BCUT2D eigenvalue weighted by Gasteiger charge is -2.36. The number of sulfonamides is 1. The highest BCUT2D eigenvalue weighted by atomic mass is 32.2. The van der Waals surface area contributed by atoms with Crippen LogP contribution in [0.15, 0.2) is 0 Å². The van der Waals surface area contributed by atoms with Crippen molar-refractivity contribution in [2.24, 2.45) is 5.92 Å². The maximum atomic E-state index is 12.5. The van der Waals surface area contributed by atoms with Crippen molar-refractivity contribution in [3.8, 4) is 0 Å². The molecule has 0 aromatic heterocycles. The van der Waals surface area contributed by atoms with Crippen LogP contribution in [0.25, 0.3) is 0 Å². The summed E-state index contributed by atoms with van der Waals surface area (Å²) in [5.74, 6) is 0.563. The van der Waals surface area contributed by atoms with Crippen LogP contribution in [0.4, 0.5) is 0 Å². The summed E-state index contributed by atoms with van der Waals surface area (Å²) < 4.78 is 25.1. The molecule has 0 unspecified atom stereocenters. The maximum Gasteiger partial charge on any atom is 0.238 e. The van der Waals surface area contributed by atoms with Crippen LogP contribution in [0.1, 0.15) is 46.0 Å². The van der Waals surface area contributed by atoms with E-state index in [9.17, 15) is 13.2 Å². The van der Waals surface area contributed by atoms with E-state index in [1.807, 2.05) is 0 Å². The highest BCUT2D eigenvalue weighted by molar-refractivity contribution is 7.88. The molecule has 0 aromatic rings. The molecule has 0 radical (unpaired) electrons. The number of hydrogen-bond acceptors (Lipinski definition) is 4. The quantitative estimate of drug-likeness (QED) is 0.808. The van der Waals surface area contributed by atoms with Gasteiger partial charge in [-0.1, -0.05) is 13.3 Å². The molecular weight excluding hydrogens is 314 g/mol.